The van der Waals surface area contributed by atoms with Crippen LogP contribution in [0.15, 0.2) is 59.6 Å². The van der Waals surface area contributed by atoms with Gasteiger partial charge in [0.1, 0.15) is 11.6 Å². The maximum atomic E-state index is 5.28. The zero-order chi connectivity index (χ0) is 16.8. The van der Waals surface area contributed by atoms with Crippen molar-refractivity contribution in [1.29, 1.82) is 0 Å². The maximum Gasteiger partial charge on any atom is 0.191 e. The van der Waals surface area contributed by atoms with Crippen molar-refractivity contribution in [3.63, 3.8) is 0 Å². The third-order valence-corrected chi connectivity index (χ3v) is 5.43. The van der Waals surface area contributed by atoms with Gasteiger partial charge in [-0.2, -0.15) is 0 Å². The SMILES string of the molecule is C=CCn1c(Cc2cccs2)nnc1SCc1cccc(OC)c1. The molecule has 24 heavy (non-hydrogen) atoms. The number of rotatable bonds is 8. The van der Waals surface area contributed by atoms with Crippen LogP contribution in [0.25, 0.3) is 0 Å². The molecular formula is C18H19N3OS2. The van der Waals surface area contributed by atoms with E-state index in [0.717, 1.165) is 28.9 Å². The Labute approximate surface area is 150 Å². The van der Waals surface area contributed by atoms with Crippen LogP contribution in [0.3, 0.4) is 0 Å². The number of ether oxygens (including phenoxy) is 1. The van der Waals surface area contributed by atoms with Gasteiger partial charge in [0.05, 0.1) is 7.11 Å². The van der Waals surface area contributed by atoms with Crippen LogP contribution >= 0.6 is 23.1 Å². The third kappa shape index (κ3) is 4.07. The van der Waals surface area contributed by atoms with Crippen molar-refractivity contribution in [2.24, 2.45) is 0 Å². The lowest BCUT2D eigenvalue weighted by molar-refractivity contribution is 0.414. The standard InChI is InChI=1S/C18H19N3OS2/c1-3-9-21-17(12-16-8-5-10-23-16)19-20-18(21)24-13-14-6-4-7-15(11-14)22-2/h3-8,10-11H,1,9,12-13H2,2H3. The van der Waals surface area contributed by atoms with Gasteiger partial charge < -0.3 is 9.30 Å². The third-order valence-electron chi connectivity index (χ3n) is 3.52. The second-order valence-electron chi connectivity index (χ2n) is 5.19. The molecule has 0 aliphatic carbocycles. The van der Waals surface area contributed by atoms with E-state index in [4.69, 9.17) is 4.74 Å². The normalized spacial score (nSPS) is 10.7. The Bertz CT molecular complexity index is 796. The number of allylic oxidation sites excluding steroid dienone is 1. The molecule has 0 amide bonds. The Hall–Kier alpha value is -2.05. The van der Waals surface area contributed by atoms with Crippen molar-refractivity contribution in [3.05, 3.63) is 70.7 Å². The highest BCUT2D eigenvalue weighted by Crippen LogP contribution is 2.25. The molecule has 6 heteroatoms. The second-order valence-corrected chi connectivity index (χ2v) is 7.17. The molecule has 0 aliphatic heterocycles. The summed E-state index contributed by atoms with van der Waals surface area (Å²) >= 11 is 3.42. The lowest BCUT2D eigenvalue weighted by Crippen LogP contribution is -2.04. The van der Waals surface area contributed by atoms with E-state index < -0.39 is 0 Å². The Morgan fingerprint density at radius 2 is 2.21 bits per heavy atom. The van der Waals surface area contributed by atoms with Crippen LogP contribution in [0.5, 0.6) is 5.75 Å². The Balaban J connectivity index is 1.74. The molecule has 124 valence electrons. The average molecular weight is 358 g/mol. The van der Waals surface area contributed by atoms with Gasteiger partial charge in [0.15, 0.2) is 5.16 Å². The number of aromatic nitrogens is 3. The Morgan fingerprint density at radius 1 is 1.29 bits per heavy atom. The summed E-state index contributed by atoms with van der Waals surface area (Å²) < 4.78 is 7.41. The molecule has 0 atom stereocenters. The van der Waals surface area contributed by atoms with E-state index in [1.807, 2.05) is 24.3 Å². The van der Waals surface area contributed by atoms with Gasteiger partial charge in [-0.15, -0.1) is 28.1 Å². The fourth-order valence-corrected chi connectivity index (χ4v) is 3.96. The van der Waals surface area contributed by atoms with E-state index in [2.05, 4.69) is 44.9 Å². The number of nitrogens with zero attached hydrogens (tertiary/aromatic N) is 3. The molecule has 0 fully saturated rings. The zero-order valence-electron chi connectivity index (χ0n) is 13.5. The number of thioether (sulfide) groups is 1. The lowest BCUT2D eigenvalue weighted by Gasteiger charge is -2.08. The molecule has 0 saturated heterocycles. The zero-order valence-corrected chi connectivity index (χ0v) is 15.1. The lowest BCUT2D eigenvalue weighted by atomic mass is 10.2. The van der Waals surface area contributed by atoms with Crippen LogP contribution < -0.4 is 4.74 Å². The first kappa shape index (κ1) is 16.8. The molecule has 0 radical (unpaired) electrons. The van der Waals surface area contributed by atoms with Gasteiger partial charge in [-0.1, -0.05) is 36.0 Å². The molecule has 0 bridgehead atoms. The summed E-state index contributed by atoms with van der Waals surface area (Å²) in [5.74, 6) is 2.68. The highest BCUT2D eigenvalue weighted by atomic mass is 32.2. The van der Waals surface area contributed by atoms with Crippen molar-refractivity contribution < 1.29 is 4.74 Å². The van der Waals surface area contributed by atoms with Gasteiger partial charge in [0.25, 0.3) is 0 Å². The number of thiophene rings is 1. The molecule has 0 N–H and O–H groups in total. The van der Waals surface area contributed by atoms with Gasteiger partial charge in [-0.05, 0) is 29.1 Å². The van der Waals surface area contributed by atoms with Crippen LogP contribution in [0.2, 0.25) is 0 Å². The van der Waals surface area contributed by atoms with Gasteiger partial charge in [0, 0.05) is 23.6 Å². The summed E-state index contributed by atoms with van der Waals surface area (Å²) in [6.45, 7) is 4.57. The van der Waals surface area contributed by atoms with Gasteiger partial charge in [-0.25, -0.2) is 0 Å². The second kappa shape index (κ2) is 8.17. The summed E-state index contributed by atoms with van der Waals surface area (Å²) in [4.78, 5) is 1.29. The minimum atomic E-state index is 0.716. The number of benzene rings is 1. The predicted molar refractivity (Wildman–Crippen MR) is 99.9 cm³/mol. The summed E-state index contributed by atoms with van der Waals surface area (Å²) in [6.07, 6.45) is 2.69. The van der Waals surface area contributed by atoms with Crippen molar-refractivity contribution >= 4 is 23.1 Å². The maximum absolute atomic E-state index is 5.28. The van der Waals surface area contributed by atoms with E-state index in [1.165, 1.54) is 10.4 Å². The molecule has 0 saturated carbocycles. The number of hydrogen-bond donors (Lipinski definition) is 0. The van der Waals surface area contributed by atoms with E-state index >= 15 is 0 Å². The average Bonchev–Trinajstić information content (AvgIpc) is 3.25. The van der Waals surface area contributed by atoms with Crippen molar-refractivity contribution in [3.8, 4) is 5.75 Å². The molecule has 2 heterocycles. The Kier molecular flexibility index (Phi) is 5.72. The topological polar surface area (TPSA) is 39.9 Å². The minimum absolute atomic E-state index is 0.716. The number of hydrogen-bond acceptors (Lipinski definition) is 5. The van der Waals surface area contributed by atoms with Crippen molar-refractivity contribution in [2.45, 2.75) is 23.9 Å². The first-order chi connectivity index (χ1) is 11.8. The molecular weight excluding hydrogens is 338 g/mol. The van der Waals surface area contributed by atoms with Gasteiger partial charge in [-0.3, -0.25) is 0 Å². The predicted octanol–water partition coefficient (Wildman–Crippen LogP) is 4.42. The monoisotopic (exact) mass is 357 g/mol. The van der Waals surface area contributed by atoms with E-state index in [9.17, 15) is 0 Å². The fraction of sp³-hybridized carbons (Fsp3) is 0.222. The molecule has 1 aromatic carbocycles. The molecule has 4 nitrogen and oxygen atoms in total. The summed E-state index contributed by atoms with van der Waals surface area (Å²) in [5.41, 5.74) is 1.20. The van der Waals surface area contributed by atoms with Gasteiger partial charge >= 0.3 is 0 Å². The smallest absolute Gasteiger partial charge is 0.191 e. The first-order valence-corrected chi connectivity index (χ1v) is 9.47. The largest absolute Gasteiger partial charge is 0.497 e. The summed E-state index contributed by atoms with van der Waals surface area (Å²) in [6, 6.07) is 12.3. The van der Waals surface area contributed by atoms with Crippen molar-refractivity contribution in [1.82, 2.24) is 14.8 Å². The van der Waals surface area contributed by atoms with E-state index in [0.29, 0.717) is 6.54 Å². The van der Waals surface area contributed by atoms with E-state index in [-0.39, 0.29) is 0 Å². The van der Waals surface area contributed by atoms with Crippen LogP contribution in [-0.4, -0.2) is 21.9 Å². The molecule has 3 aromatic rings. The number of methoxy groups -OCH3 is 1. The first-order valence-electron chi connectivity index (χ1n) is 7.61. The van der Waals surface area contributed by atoms with Crippen LogP contribution in [-0.2, 0) is 18.7 Å². The summed E-state index contributed by atoms with van der Waals surface area (Å²) in [7, 11) is 1.68. The van der Waals surface area contributed by atoms with Crippen LogP contribution in [0.1, 0.15) is 16.3 Å². The molecule has 2 aromatic heterocycles. The minimum Gasteiger partial charge on any atom is -0.497 e. The quantitative estimate of drug-likeness (QED) is 0.442. The Morgan fingerprint density at radius 3 is 2.96 bits per heavy atom. The van der Waals surface area contributed by atoms with Crippen LogP contribution in [0.4, 0.5) is 0 Å². The molecule has 0 spiro atoms. The highest BCUT2D eigenvalue weighted by molar-refractivity contribution is 7.98. The molecule has 0 unspecified atom stereocenters. The summed E-state index contributed by atoms with van der Waals surface area (Å²) in [5, 5.41) is 11.8. The fourth-order valence-electron chi connectivity index (χ4n) is 2.35. The molecule has 0 aliphatic rings. The molecule has 3 rings (SSSR count). The van der Waals surface area contributed by atoms with Crippen LogP contribution in [0, 0.1) is 0 Å². The highest BCUT2D eigenvalue weighted by Gasteiger charge is 2.13. The van der Waals surface area contributed by atoms with Crippen molar-refractivity contribution in [2.75, 3.05) is 7.11 Å². The van der Waals surface area contributed by atoms with E-state index in [1.54, 1.807) is 30.2 Å². The van der Waals surface area contributed by atoms with Gasteiger partial charge in [0.2, 0.25) is 0 Å².